The van der Waals surface area contributed by atoms with E-state index in [0.29, 0.717) is 0 Å². The van der Waals surface area contributed by atoms with Crippen molar-refractivity contribution < 1.29 is 0 Å². The molecule has 1 heterocycles. The van der Waals surface area contributed by atoms with Gasteiger partial charge in [0.15, 0.2) is 0 Å². The predicted octanol–water partition coefficient (Wildman–Crippen LogP) is 4.23. The quantitative estimate of drug-likeness (QED) is 0.786. The highest BCUT2D eigenvalue weighted by atomic mass is 79.9. The minimum atomic E-state index is 0.283. The third-order valence-corrected chi connectivity index (χ3v) is 4.39. The summed E-state index contributed by atoms with van der Waals surface area (Å²) in [5, 5.41) is 7.88. The summed E-state index contributed by atoms with van der Waals surface area (Å²) in [7, 11) is 1.95. The molecule has 5 heteroatoms. The molecule has 0 amide bonds. The predicted molar refractivity (Wildman–Crippen MR) is 89.8 cm³/mol. The Labute approximate surface area is 137 Å². The SMILES string of the molecule is CCCNC(Cc1cnn(C)c1)c1cc(Br)ccc1Br. The van der Waals surface area contributed by atoms with Gasteiger partial charge < -0.3 is 5.32 Å². The Morgan fingerprint density at radius 3 is 2.80 bits per heavy atom. The van der Waals surface area contributed by atoms with E-state index >= 15 is 0 Å². The van der Waals surface area contributed by atoms with E-state index in [1.54, 1.807) is 0 Å². The van der Waals surface area contributed by atoms with E-state index in [2.05, 4.69) is 73.6 Å². The number of halogens is 2. The van der Waals surface area contributed by atoms with Crippen LogP contribution in [0.15, 0.2) is 39.5 Å². The molecule has 0 saturated heterocycles. The Morgan fingerprint density at radius 1 is 1.35 bits per heavy atom. The molecule has 1 aromatic carbocycles. The molecule has 0 spiro atoms. The molecule has 0 aliphatic heterocycles. The van der Waals surface area contributed by atoms with E-state index < -0.39 is 0 Å². The van der Waals surface area contributed by atoms with Crippen molar-refractivity contribution in [1.82, 2.24) is 15.1 Å². The van der Waals surface area contributed by atoms with E-state index in [-0.39, 0.29) is 6.04 Å². The smallest absolute Gasteiger partial charge is 0.0522 e. The average Bonchev–Trinajstić information content (AvgIpc) is 2.83. The molecular weight excluding hydrogens is 382 g/mol. The first-order chi connectivity index (χ1) is 9.60. The second-order valence-electron chi connectivity index (χ2n) is 4.90. The fraction of sp³-hybridized carbons (Fsp3) is 0.400. The van der Waals surface area contributed by atoms with Crippen molar-refractivity contribution >= 4 is 31.9 Å². The van der Waals surface area contributed by atoms with Gasteiger partial charge >= 0.3 is 0 Å². The van der Waals surface area contributed by atoms with E-state index in [9.17, 15) is 0 Å². The zero-order valence-electron chi connectivity index (χ0n) is 11.7. The lowest BCUT2D eigenvalue weighted by molar-refractivity contribution is 0.527. The van der Waals surface area contributed by atoms with E-state index in [1.807, 2.05) is 17.9 Å². The molecule has 1 atom stereocenters. The standard InChI is InChI=1S/C15H19Br2N3/c1-3-6-18-15(7-11-9-19-20(2)10-11)13-8-12(16)4-5-14(13)17/h4-5,8-10,15,18H,3,6-7H2,1-2H3. The van der Waals surface area contributed by atoms with Crippen LogP contribution in [0.5, 0.6) is 0 Å². The van der Waals surface area contributed by atoms with Crippen LogP contribution in [-0.2, 0) is 13.5 Å². The molecule has 2 aromatic rings. The summed E-state index contributed by atoms with van der Waals surface area (Å²) in [6.45, 7) is 3.19. The molecule has 20 heavy (non-hydrogen) atoms. The highest BCUT2D eigenvalue weighted by molar-refractivity contribution is 9.11. The molecule has 3 nitrogen and oxygen atoms in total. The number of benzene rings is 1. The third kappa shape index (κ3) is 4.17. The fourth-order valence-electron chi connectivity index (χ4n) is 2.21. The van der Waals surface area contributed by atoms with Gasteiger partial charge in [0.1, 0.15) is 0 Å². The first-order valence-corrected chi connectivity index (χ1v) is 8.34. The van der Waals surface area contributed by atoms with Gasteiger partial charge in [0, 0.05) is 28.2 Å². The number of aryl methyl sites for hydroxylation is 1. The van der Waals surface area contributed by atoms with E-state index in [0.717, 1.165) is 28.3 Å². The lowest BCUT2D eigenvalue weighted by Crippen LogP contribution is -2.24. The maximum atomic E-state index is 4.25. The van der Waals surface area contributed by atoms with E-state index in [4.69, 9.17) is 0 Å². The molecule has 2 rings (SSSR count). The Balaban J connectivity index is 2.24. The van der Waals surface area contributed by atoms with Crippen molar-refractivity contribution in [3.8, 4) is 0 Å². The normalized spacial score (nSPS) is 12.6. The molecule has 1 N–H and O–H groups in total. The van der Waals surface area contributed by atoms with Gasteiger partial charge in [-0.15, -0.1) is 0 Å². The summed E-state index contributed by atoms with van der Waals surface area (Å²) in [5.41, 5.74) is 2.52. The molecular formula is C15H19Br2N3. The number of aromatic nitrogens is 2. The van der Waals surface area contributed by atoms with Crippen LogP contribution in [0.4, 0.5) is 0 Å². The molecule has 1 unspecified atom stereocenters. The zero-order valence-corrected chi connectivity index (χ0v) is 14.9. The van der Waals surface area contributed by atoms with Gasteiger partial charge in [-0.2, -0.15) is 5.10 Å². The lowest BCUT2D eigenvalue weighted by Gasteiger charge is -2.20. The minimum absolute atomic E-state index is 0.283. The highest BCUT2D eigenvalue weighted by Crippen LogP contribution is 2.29. The Hall–Kier alpha value is -0.650. The van der Waals surface area contributed by atoms with Crippen LogP contribution in [-0.4, -0.2) is 16.3 Å². The fourth-order valence-corrected chi connectivity index (χ4v) is 3.11. The summed E-state index contributed by atoms with van der Waals surface area (Å²) in [6.07, 6.45) is 6.07. The third-order valence-electron chi connectivity index (χ3n) is 3.17. The largest absolute Gasteiger partial charge is 0.310 e. The van der Waals surface area contributed by atoms with Gasteiger partial charge in [-0.25, -0.2) is 0 Å². The van der Waals surface area contributed by atoms with Crippen LogP contribution < -0.4 is 5.32 Å². The van der Waals surface area contributed by atoms with Gasteiger partial charge in [0.05, 0.1) is 6.20 Å². The van der Waals surface area contributed by atoms with Gasteiger partial charge in [-0.05, 0) is 48.7 Å². The minimum Gasteiger partial charge on any atom is -0.310 e. The van der Waals surface area contributed by atoms with Crippen LogP contribution in [0.1, 0.15) is 30.5 Å². The molecule has 0 saturated carbocycles. The zero-order chi connectivity index (χ0) is 14.5. The Morgan fingerprint density at radius 2 is 2.15 bits per heavy atom. The van der Waals surface area contributed by atoms with Crippen molar-refractivity contribution in [2.24, 2.45) is 7.05 Å². The first-order valence-electron chi connectivity index (χ1n) is 6.76. The van der Waals surface area contributed by atoms with Crippen LogP contribution in [0, 0.1) is 0 Å². The van der Waals surface area contributed by atoms with Crippen molar-refractivity contribution in [3.63, 3.8) is 0 Å². The molecule has 0 aliphatic rings. The summed E-state index contributed by atoms with van der Waals surface area (Å²) >= 11 is 7.22. The monoisotopic (exact) mass is 399 g/mol. The highest BCUT2D eigenvalue weighted by Gasteiger charge is 2.15. The maximum Gasteiger partial charge on any atom is 0.0522 e. The van der Waals surface area contributed by atoms with Crippen LogP contribution in [0.25, 0.3) is 0 Å². The number of hydrogen-bond donors (Lipinski definition) is 1. The summed E-state index contributed by atoms with van der Waals surface area (Å²) in [5.74, 6) is 0. The molecule has 0 fully saturated rings. The number of nitrogens with one attached hydrogen (secondary N) is 1. The maximum absolute atomic E-state index is 4.25. The molecule has 108 valence electrons. The lowest BCUT2D eigenvalue weighted by atomic mass is 10.0. The van der Waals surface area contributed by atoms with Gasteiger partial charge in [0.2, 0.25) is 0 Å². The topological polar surface area (TPSA) is 29.9 Å². The van der Waals surface area contributed by atoms with Gasteiger partial charge in [0.25, 0.3) is 0 Å². The Bertz CT molecular complexity index is 566. The second kappa shape index (κ2) is 7.38. The first kappa shape index (κ1) is 15.7. The molecule has 0 radical (unpaired) electrons. The van der Waals surface area contributed by atoms with Crippen molar-refractivity contribution in [2.45, 2.75) is 25.8 Å². The summed E-state index contributed by atoms with van der Waals surface area (Å²) in [4.78, 5) is 0. The van der Waals surface area contributed by atoms with Gasteiger partial charge in [-0.1, -0.05) is 38.8 Å². The molecule has 1 aromatic heterocycles. The summed E-state index contributed by atoms with van der Waals surface area (Å²) < 4.78 is 4.09. The van der Waals surface area contributed by atoms with Crippen LogP contribution >= 0.6 is 31.9 Å². The number of rotatable bonds is 6. The molecule has 0 aliphatic carbocycles. The number of hydrogen-bond acceptors (Lipinski definition) is 2. The van der Waals surface area contributed by atoms with Crippen LogP contribution in [0.2, 0.25) is 0 Å². The Kier molecular flexibility index (Phi) is 5.81. The second-order valence-corrected chi connectivity index (χ2v) is 6.67. The van der Waals surface area contributed by atoms with Crippen molar-refractivity contribution in [3.05, 3.63) is 50.7 Å². The van der Waals surface area contributed by atoms with Crippen molar-refractivity contribution in [1.29, 1.82) is 0 Å². The number of nitrogens with zero attached hydrogens (tertiary/aromatic N) is 2. The summed E-state index contributed by atoms with van der Waals surface area (Å²) in [6, 6.07) is 6.59. The average molecular weight is 401 g/mol. The van der Waals surface area contributed by atoms with Crippen molar-refractivity contribution in [2.75, 3.05) is 6.54 Å². The van der Waals surface area contributed by atoms with Gasteiger partial charge in [-0.3, -0.25) is 4.68 Å². The molecule has 0 bridgehead atoms. The van der Waals surface area contributed by atoms with E-state index in [1.165, 1.54) is 11.1 Å². The van der Waals surface area contributed by atoms with Crippen LogP contribution in [0.3, 0.4) is 0 Å².